The SMILES string of the molecule is CCN(CC)C(=O)Cc1ccc(OC)c(C(=O)N(C)N=S(=O)=O)c1. The Morgan fingerprint density at radius 3 is 2.33 bits per heavy atom. The minimum atomic E-state index is -2.74. The monoisotopic (exact) mass is 355 g/mol. The lowest BCUT2D eigenvalue weighted by atomic mass is 10.1. The van der Waals surface area contributed by atoms with Crippen LogP contribution in [0.5, 0.6) is 5.75 Å². The molecule has 0 spiro atoms. The molecule has 0 radical (unpaired) electrons. The maximum absolute atomic E-state index is 12.3. The molecule has 0 atom stereocenters. The molecule has 0 unspecified atom stereocenters. The Hall–Kier alpha value is -2.42. The van der Waals surface area contributed by atoms with Gasteiger partial charge in [-0.05, 0) is 36.0 Å². The number of rotatable bonds is 7. The molecular weight excluding hydrogens is 334 g/mol. The van der Waals surface area contributed by atoms with Gasteiger partial charge < -0.3 is 9.64 Å². The molecule has 0 heterocycles. The number of benzene rings is 1. The van der Waals surface area contributed by atoms with E-state index in [2.05, 4.69) is 4.47 Å². The third kappa shape index (κ3) is 5.05. The minimum Gasteiger partial charge on any atom is -0.496 e. The number of carbonyl (C=O) groups is 2. The van der Waals surface area contributed by atoms with Gasteiger partial charge in [0.15, 0.2) is 0 Å². The maximum Gasteiger partial charge on any atom is 0.333 e. The first-order valence-corrected chi connectivity index (χ1v) is 8.40. The highest BCUT2D eigenvalue weighted by atomic mass is 32.2. The summed E-state index contributed by atoms with van der Waals surface area (Å²) in [6.07, 6.45) is 0.139. The summed E-state index contributed by atoms with van der Waals surface area (Å²) in [6, 6.07) is 4.78. The summed E-state index contributed by atoms with van der Waals surface area (Å²) in [5.41, 5.74) is 0.770. The number of hydrogen-bond donors (Lipinski definition) is 0. The molecule has 0 aliphatic heterocycles. The van der Waals surface area contributed by atoms with Crippen molar-refractivity contribution in [2.45, 2.75) is 20.3 Å². The van der Waals surface area contributed by atoms with Crippen molar-refractivity contribution in [3.63, 3.8) is 0 Å². The van der Waals surface area contributed by atoms with E-state index < -0.39 is 16.4 Å². The van der Waals surface area contributed by atoms with Crippen molar-refractivity contribution >= 4 is 22.3 Å². The van der Waals surface area contributed by atoms with Crippen LogP contribution in [0, 0.1) is 0 Å². The predicted octanol–water partition coefficient (Wildman–Crippen LogP) is 1.16. The summed E-state index contributed by atoms with van der Waals surface area (Å²) in [7, 11) is -0.117. The van der Waals surface area contributed by atoms with E-state index in [1.54, 1.807) is 17.0 Å². The summed E-state index contributed by atoms with van der Waals surface area (Å²) >= 11 is 0. The van der Waals surface area contributed by atoms with Gasteiger partial charge >= 0.3 is 10.5 Å². The number of nitrogens with zero attached hydrogens (tertiary/aromatic N) is 3. The van der Waals surface area contributed by atoms with Crippen LogP contribution in [0.1, 0.15) is 29.8 Å². The molecule has 2 amide bonds. The van der Waals surface area contributed by atoms with Crippen LogP contribution < -0.4 is 4.74 Å². The first-order valence-electron chi connectivity index (χ1n) is 7.37. The van der Waals surface area contributed by atoms with Gasteiger partial charge in [0.2, 0.25) is 5.91 Å². The van der Waals surface area contributed by atoms with Gasteiger partial charge in [-0.1, -0.05) is 6.07 Å². The van der Waals surface area contributed by atoms with E-state index in [1.165, 1.54) is 20.2 Å². The Bertz CT molecular complexity index is 733. The van der Waals surface area contributed by atoms with Crippen LogP contribution in [0.2, 0.25) is 0 Å². The van der Waals surface area contributed by atoms with Gasteiger partial charge in [0.05, 0.1) is 19.1 Å². The van der Waals surface area contributed by atoms with E-state index in [0.29, 0.717) is 23.7 Å². The molecular formula is C15H21N3O5S. The smallest absolute Gasteiger partial charge is 0.333 e. The highest BCUT2D eigenvalue weighted by Crippen LogP contribution is 2.22. The van der Waals surface area contributed by atoms with Crippen LogP contribution in [0.4, 0.5) is 0 Å². The standard InChI is InChI=1S/C15H21N3O5S/c1-5-18(6-2)14(19)10-11-7-8-13(23-4)12(9-11)15(20)17(3)16-24(21)22/h7-9H,5-6,10H2,1-4H3. The Morgan fingerprint density at radius 1 is 1.21 bits per heavy atom. The second-order valence-corrected chi connectivity index (χ2v) is 5.50. The second-order valence-electron chi connectivity index (χ2n) is 4.90. The third-order valence-corrected chi connectivity index (χ3v) is 3.83. The molecule has 132 valence electrons. The maximum atomic E-state index is 12.3. The van der Waals surface area contributed by atoms with Crippen LogP contribution in [-0.2, 0) is 21.7 Å². The van der Waals surface area contributed by atoms with E-state index in [-0.39, 0.29) is 23.6 Å². The van der Waals surface area contributed by atoms with Crippen LogP contribution in [0.15, 0.2) is 22.7 Å². The quantitative estimate of drug-likeness (QED) is 0.684. The largest absolute Gasteiger partial charge is 0.496 e. The van der Waals surface area contributed by atoms with Gasteiger partial charge in [0.25, 0.3) is 5.91 Å². The Morgan fingerprint density at radius 2 is 1.83 bits per heavy atom. The Labute approximate surface area is 142 Å². The molecule has 0 bridgehead atoms. The molecule has 0 aliphatic rings. The number of methoxy groups -OCH3 is 1. The van der Waals surface area contributed by atoms with E-state index >= 15 is 0 Å². The van der Waals surface area contributed by atoms with Gasteiger partial charge in [-0.2, -0.15) is 8.42 Å². The minimum absolute atomic E-state index is 0.0535. The molecule has 1 rings (SSSR count). The van der Waals surface area contributed by atoms with Crippen LogP contribution in [-0.4, -0.2) is 57.4 Å². The van der Waals surface area contributed by atoms with Gasteiger partial charge in [-0.25, -0.2) is 5.01 Å². The molecule has 0 N–H and O–H groups in total. The normalized spacial score (nSPS) is 10.0. The first-order chi connectivity index (χ1) is 11.3. The Balaban J connectivity index is 3.15. The molecule has 1 aromatic carbocycles. The van der Waals surface area contributed by atoms with Crippen molar-refractivity contribution in [1.29, 1.82) is 0 Å². The fourth-order valence-electron chi connectivity index (χ4n) is 2.21. The van der Waals surface area contributed by atoms with E-state index in [9.17, 15) is 18.0 Å². The number of likely N-dealkylation sites (N-methyl/N-ethyl adjacent to an activating group) is 1. The summed E-state index contributed by atoms with van der Waals surface area (Å²) in [6.45, 7) is 5.00. The van der Waals surface area contributed by atoms with Crippen LogP contribution >= 0.6 is 0 Å². The van der Waals surface area contributed by atoms with Gasteiger partial charge in [-0.15, -0.1) is 0 Å². The molecule has 9 heteroatoms. The fourth-order valence-corrected chi connectivity index (χ4v) is 2.48. The van der Waals surface area contributed by atoms with Crippen LogP contribution in [0.3, 0.4) is 0 Å². The Kier molecular flexibility index (Phi) is 7.37. The second kappa shape index (κ2) is 9.02. The average molecular weight is 355 g/mol. The van der Waals surface area contributed by atoms with Crippen LogP contribution in [0.25, 0.3) is 0 Å². The summed E-state index contributed by atoms with van der Waals surface area (Å²) in [4.78, 5) is 26.2. The van der Waals surface area contributed by atoms with Crippen molar-refractivity contribution in [3.05, 3.63) is 29.3 Å². The highest BCUT2D eigenvalue weighted by molar-refractivity contribution is 7.61. The van der Waals surface area contributed by atoms with Crippen molar-refractivity contribution in [1.82, 2.24) is 9.91 Å². The average Bonchev–Trinajstić information content (AvgIpc) is 2.54. The highest BCUT2D eigenvalue weighted by Gasteiger charge is 2.19. The molecule has 0 saturated heterocycles. The lowest BCUT2D eigenvalue weighted by molar-refractivity contribution is -0.130. The van der Waals surface area contributed by atoms with E-state index in [4.69, 9.17) is 4.74 Å². The molecule has 0 fully saturated rings. The van der Waals surface area contributed by atoms with Crippen molar-refractivity contribution in [2.75, 3.05) is 27.2 Å². The third-order valence-electron chi connectivity index (χ3n) is 3.45. The lowest BCUT2D eigenvalue weighted by Crippen LogP contribution is -2.31. The lowest BCUT2D eigenvalue weighted by Gasteiger charge is -2.19. The van der Waals surface area contributed by atoms with Gasteiger partial charge in [-0.3, -0.25) is 9.59 Å². The summed E-state index contributed by atoms with van der Waals surface area (Å²) in [5.74, 6) is -0.423. The predicted molar refractivity (Wildman–Crippen MR) is 88.1 cm³/mol. The van der Waals surface area contributed by atoms with Crippen molar-refractivity contribution in [3.8, 4) is 5.75 Å². The summed E-state index contributed by atoms with van der Waals surface area (Å²) < 4.78 is 29.5. The number of ether oxygens (including phenoxy) is 1. The molecule has 24 heavy (non-hydrogen) atoms. The molecule has 8 nitrogen and oxygen atoms in total. The number of carbonyl (C=O) groups excluding carboxylic acids is 2. The van der Waals surface area contributed by atoms with Gasteiger partial charge in [0.1, 0.15) is 5.75 Å². The zero-order valence-electron chi connectivity index (χ0n) is 14.1. The topological polar surface area (TPSA) is 96.3 Å². The van der Waals surface area contributed by atoms with Crippen molar-refractivity contribution < 1.29 is 22.7 Å². The molecule has 0 saturated carbocycles. The van der Waals surface area contributed by atoms with Crippen molar-refractivity contribution in [2.24, 2.45) is 4.47 Å². The zero-order valence-corrected chi connectivity index (χ0v) is 15.0. The fraction of sp³-hybridized carbons (Fsp3) is 0.467. The number of amides is 2. The number of hydrogen-bond acceptors (Lipinski definition) is 6. The summed E-state index contributed by atoms with van der Waals surface area (Å²) in [5, 5.41) is 0.705. The molecule has 0 aliphatic carbocycles. The zero-order chi connectivity index (χ0) is 18.3. The molecule has 0 aromatic heterocycles. The van der Waals surface area contributed by atoms with E-state index in [0.717, 1.165) is 0 Å². The first kappa shape index (κ1) is 19.6. The van der Waals surface area contributed by atoms with Gasteiger partial charge in [0, 0.05) is 20.1 Å². The van der Waals surface area contributed by atoms with E-state index in [1.807, 2.05) is 13.8 Å². The molecule has 1 aromatic rings.